The molecule has 0 aliphatic rings. The van der Waals surface area contributed by atoms with E-state index in [9.17, 15) is 0 Å². The van der Waals surface area contributed by atoms with Crippen LogP contribution in [0.4, 0.5) is 0 Å². The number of halogens is 1. The highest BCUT2D eigenvalue weighted by Gasteiger charge is 1.97. The number of rotatable bonds is 4. The minimum Gasteiger partial charge on any atom is -0.490 e. The molecule has 0 heterocycles. The summed E-state index contributed by atoms with van der Waals surface area (Å²) < 4.78 is 5.34. The van der Waals surface area contributed by atoms with E-state index in [1.807, 2.05) is 12.1 Å². The van der Waals surface area contributed by atoms with Crippen molar-refractivity contribution in [1.29, 1.82) is 0 Å². The first kappa shape index (κ1) is 10.7. The number of nitrogens with two attached hydrogens (primary N) is 2. The van der Waals surface area contributed by atoms with Gasteiger partial charge in [-0.2, -0.15) is 0 Å². The van der Waals surface area contributed by atoms with Crippen LogP contribution in [0.2, 0.25) is 5.02 Å². The molecule has 0 amide bonds. The van der Waals surface area contributed by atoms with Crippen LogP contribution in [-0.2, 0) is 0 Å². The van der Waals surface area contributed by atoms with Crippen molar-refractivity contribution in [1.82, 2.24) is 0 Å². The summed E-state index contributed by atoms with van der Waals surface area (Å²) in [7, 11) is 0. The highest BCUT2D eigenvalue weighted by Crippen LogP contribution is 2.22. The van der Waals surface area contributed by atoms with Crippen LogP contribution in [0, 0.1) is 0 Å². The second-order valence-corrected chi connectivity index (χ2v) is 2.99. The van der Waals surface area contributed by atoms with E-state index in [1.165, 1.54) is 0 Å². The Bertz CT molecular complexity index is 324. The average Bonchev–Trinajstić information content (AvgIpc) is 2.15. The molecule has 0 fully saturated rings. The van der Waals surface area contributed by atoms with E-state index in [0.717, 1.165) is 0 Å². The fraction of sp³-hybridized carbons (Fsp3) is 0.222. The van der Waals surface area contributed by atoms with Gasteiger partial charge in [-0.05, 0) is 12.1 Å². The van der Waals surface area contributed by atoms with Crippen molar-refractivity contribution in [2.75, 3.05) is 13.2 Å². The lowest BCUT2D eigenvalue weighted by Gasteiger charge is -2.05. The summed E-state index contributed by atoms with van der Waals surface area (Å²) in [5, 5.41) is 0.581. The molecule has 76 valence electrons. The molecule has 0 saturated heterocycles. The Morgan fingerprint density at radius 3 is 2.71 bits per heavy atom. The van der Waals surface area contributed by atoms with Crippen molar-refractivity contribution in [3.63, 3.8) is 0 Å². The van der Waals surface area contributed by atoms with Gasteiger partial charge in [0.2, 0.25) is 0 Å². The van der Waals surface area contributed by atoms with Gasteiger partial charge in [0.25, 0.3) is 0 Å². The number of ether oxygens (including phenoxy) is 1. The molecule has 0 aliphatic heterocycles. The third-order valence-electron chi connectivity index (χ3n) is 1.48. The van der Waals surface area contributed by atoms with Crippen LogP contribution in [-0.4, -0.2) is 19.1 Å². The van der Waals surface area contributed by atoms with Crippen molar-refractivity contribution in [2.45, 2.75) is 0 Å². The van der Waals surface area contributed by atoms with E-state index in [0.29, 0.717) is 23.9 Å². The normalized spacial score (nSPS) is 9.50. The predicted octanol–water partition coefficient (Wildman–Crippen LogP) is 0.992. The van der Waals surface area contributed by atoms with Crippen LogP contribution in [0.5, 0.6) is 5.75 Å². The van der Waals surface area contributed by atoms with Gasteiger partial charge in [0.15, 0.2) is 5.96 Å². The Balaban J connectivity index is 2.39. The molecule has 1 aromatic rings. The molecule has 1 aromatic carbocycles. The van der Waals surface area contributed by atoms with E-state index < -0.39 is 0 Å². The largest absolute Gasteiger partial charge is 0.490 e. The Hall–Kier alpha value is -1.42. The Morgan fingerprint density at radius 1 is 1.36 bits per heavy atom. The summed E-state index contributed by atoms with van der Waals surface area (Å²) in [5.41, 5.74) is 10.3. The summed E-state index contributed by atoms with van der Waals surface area (Å²) >= 11 is 5.86. The average molecular weight is 214 g/mol. The zero-order valence-electron chi connectivity index (χ0n) is 7.61. The monoisotopic (exact) mass is 213 g/mol. The number of benzene rings is 1. The Morgan fingerprint density at radius 2 is 2.07 bits per heavy atom. The summed E-state index contributed by atoms with van der Waals surface area (Å²) in [6, 6.07) is 7.24. The summed E-state index contributed by atoms with van der Waals surface area (Å²) in [5.74, 6) is 0.702. The minimum absolute atomic E-state index is 0.0627. The topological polar surface area (TPSA) is 73.6 Å². The first-order valence-electron chi connectivity index (χ1n) is 4.13. The second-order valence-electron chi connectivity index (χ2n) is 2.59. The number of nitrogens with zero attached hydrogens (tertiary/aromatic N) is 1. The van der Waals surface area contributed by atoms with Crippen LogP contribution in [0.15, 0.2) is 29.3 Å². The van der Waals surface area contributed by atoms with Crippen molar-refractivity contribution in [2.24, 2.45) is 16.5 Å². The fourth-order valence-corrected chi connectivity index (χ4v) is 1.08. The van der Waals surface area contributed by atoms with Gasteiger partial charge in [-0.15, -0.1) is 0 Å². The second kappa shape index (κ2) is 5.34. The third kappa shape index (κ3) is 3.53. The molecule has 0 bridgehead atoms. The van der Waals surface area contributed by atoms with E-state index in [-0.39, 0.29) is 5.96 Å². The van der Waals surface area contributed by atoms with Gasteiger partial charge < -0.3 is 16.2 Å². The zero-order chi connectivity index (χ0) is 10.4. The van der Waals surface area contributed by atoms with Gasteiger partial charge in [0, 0.05) is 0 Å². The molecule has 0 aromatic heterocycles. The molecular formula is C9H12ClN3O. The van der Waals surface area contributed by atoms with E-state index >= 15 is 0 Å². The maximum absolute atomic E-state index is 5.86. The third-order valence-corrected chi connectivity index (χ3v) is 1.79. The number of guanidine groups is 1. The molecule has 0 radical (unpaired) electrons. The van der Waals surface area contributed by atoms with Crippen LogP contribution in [0.3, 0.4) is 0 Å². The van der Waals surface area contributed by atoms with Crippen molar-refractivity contribution in [3.8, 4) is 5.75 Å². The van der Waals surface area contributed by atoms with Crippen LogP contribution < -0.4 is 16.2 Å². The van der Waals surface area contributed by atoms with Crippen LogP contribution in [0.25, 0.3) is 0 Å². The number of para-hydroxylation sites is 1. The molecular weight excluding hydrogens is 202 g/mol. The molecule has 4 nitrogen and oxygen atoms in total. The molecule has 0 spiro atoms. The maximum Gasteiger partial charge on any atom is 0.186 e. The minimum atomic E-state index is 0.0627. The standard InChI is InChI=1S/C9H12ClN3O/c10-7-3-1-2-4-8(7)14-6-5-13-9(11)12/h1-4H,5-6H2,(H4,11,12,13). The van der Waals surface area contributed by atoms with Crippen molar-refractivity contribution < 1.29 is 4.74 Å². The highest BCUT2D eigenvalue weighted by atomic mass is 35.5. The lowest BCUT2D eigenvalue weighted by Crippen LogP contribution is -2.23. The molecule has 1 rings (SSSR count). The van der Waals surface area contributed by atoms with Crippen molar-refractivity contribution in [3.05, 3.63) is 29.3 Å². The predicted molar refractivity (Wildman–Crippen MR) is 57.6 cm³/mol. The quantitative estimate of drug-likeness (QED) is 0.445. The van der Waals surface area contributed by atoms with Gasteiger partial charge in [-0.3, -0.25) is 4.99 Å². The molecule has 4 N–H and O–H groups in total. The summed E-state index contributed by atoms with van der Waals surface area (Å²) in [6.45, 7) is 0.829. The molecule has 0 unspecified atom stereocenters. The fourth-order valence-electron chi connectivity index (χ4n) is 0.892. The van der Waals surface area contributed by atoms with E-state index in [2.05, 4.69) is 4.99 Å². The molecule has 0 saturated carbocycles. The molecule has 0 aliphatic carbocycles. The van der Waals surface area contributed by atoms with Gasteiger partial charge >= 0.3 is 0 Å². The first-order valence-corrected chi connectivity index (χ1v) is 4.50. The SMILES string of the molecule is NC(N)=NCCOc1ccccc1Cl. The van der Waals surface area contributed by atoms with Crippen molar-refractivity contribution >= 4 is 17.6 Å². The van der Waals surface area contributed by atoms with Gasteiger partial charge in [-0.25, -0.2) is 0 Å². The van der Waals surface area contributed by atoms with Gasteiger partial charge in [0.1, 0.15) is 12.4 Å². The molecule has 14 heavy (non-hydrogen) atoms. The number of aliphatic imine (C=N–C) groups is 1. The lowest BCUT2D eigenvalue weighted by atomic mass is 10.3. The highest BCUT2D eigenvalue weighted by molar-refractivity contribution is 6.32. The van der Waals surface area contributed by atoms with Crippen LogP contribution in [0.1, 0.15) is 0 Å². The summed E-state index contributed by atoms with van der Waals surface area (Å²) in [6.07, 6.45) is 0. The molecule has 5 heteroatoms. The van der Waals surface area contributed by atoms with E-state index in [1.54, 1.807) is 12.1 Å². The summed E-state index contributed by atoms with van der Waals surface area (Å²) in [4.78, 5) is 3.77. The van der Waals surface area contributed by atoms with Gasteiger partial charge in [0.05, 0.1) is 11.6 Å². The molecule has 0 atom stereocenters. The van der Waals surface area contributed by atoms with Crippen LogP contribution >= 0.6 is 11.6 Å². The van der Waals surface area contributed by atoms with E-state index in [4.69, 9.17) is 27.8 Å². The Kier molecular flexibility index (Phi) is 4.07. The van der Waals surface area contributed by atoms with Gasteiger partial charge in [-0.1, -0.05) is 23.7 Å². The maximum atomic E-state index is 5.86. The Labute approximate surface area is 87.5 Å². The number of hydrogen-bond donors (Lipinski definition) is 2. The number of hydrogen-bond acceptors (Lipinski definition) is 2. The smallest absolute Gasteiger partial charge is 0.186 e. The first-order chi connectivity index (χ1) is 6.70. The lowest BCUT2D eigenvalue weighted by molar-refractivity contribution is 0.329. The zero-order valence-corrected chi connectivity index (χ0v) is 8.37.